The second-order valence-electron chi connectivity index (χ2n) is 7.72. The van der Waals surface area contributed by atoms with Gasteiger partial charge in [-0.15, -0.1) is 24.0 Å². The number of alkyl carbamates (subject to hydrolysis) is 1. The molecular formula is C17H35IN4O3. The Balaban J connectivity index is 0.00000576. The molecule has 0 aromatic heterocycles. The lowest BCUT2D eigenvalue weighted by Crippen LogP contribution is -2.49. The fourth-order valence-electron chi connectivity index (χ4n) is 2.25. The van der Waals surface area contributed by atoms with Crippen molar-refractivity contribution in [2.24, 2.45) is 4.99 Å². The molecule has 1 unspecified atom stereocenters. The topological polar surface area (TPSA) is 84.0 Å². The van der Waals surface area contributed by atoms with Crippen molar-refractivity contribution in [3.05, 3.63) is 0 Å². The number of rotatable bonds is 6. The fourth-order valence-corrected chi connectivity index (χ4v) is 2.25. The lowest BCUT2D eigenvalue weighted by Gasteiger charge is -2.27. The number of nitrogens with one attached hydrogen (secondary N) is 3. The van der Waals surface area contributed by atoms with Gasteiger partial charge in [0.15, 0.2) is 5.96 Å². The van der Waals surface area contributed by atoms with Gasteiger partial charge in [-0.1, -0.05) is 0 Å². The Labute approximate surface area is 169 Å². The van der Waals surface area contributed by atoms with Gasteiger partial charge in [-0.2, -0.15) is 0 Å². The molecule has 0 bridgehead atoms. The van der Waals surface area contributed by atoms with Gasteiger partial charge in [0.05, 0.1) is 18.2 Å². The van der Waals surface area contributed by atoms with Crippen LogP contribution in [0.25, 0.3) is 0 Å². The normalized spacial score (nSPS) is 18.3. The van der Waals surface area contributed by atoms with Crippen LogP contribution >= 0.6 is 24.0 Å². The molecule has 3 N–H and O–H groups in total. The van der Waals surface area contributed by atoms with E-state index in [0.717, 1.165) is 38.5 Å². The summed E-state index contributed by atoms with van der Waals surface area (Å²) in [6.07, 6.45) is 2.02. The van der Waals surface area contributed by atoms with Gasteiger partial charge in [0.25, 0.3) is 0 Å². The van der Waals surface area contributed by atoms with Crippen LogP contribution in [0, 0.1) is 0 Å². The molecule has 1 amide bonds. The Morgan fingerprint density at radius 2 is 1.92 bits per heavy atom. The third-order valence-electron chi connectivity index (χ3n) is 3.34. The molecule has 1 rings (SSSR count). The summed E-state index contributed by atoms with van der Waals surface area (Å²) in [5.41, 5.74) is -1.02. The van der Waals surface area contributed by atoms with Crippen LogP contribution in [0.15, 0.2) is 4.99 Å². The van der Waals surface area contributed by atoms with Crippen molar-refractivity contribution in [1.29, 1.82) is 0 Å². The van der Waals surface area contributed by atoms with Gasteiger partial charge >= 0.3 is 6.09 Å². The molecule has 0 saturated carbocycles. The van der Waals surface area contributed by atoms with Crippen LogP contribution in [-0.4, -0.2) is 55.5 Å². The zero-order chi connectivity index (χ0) is 18.2. The minimum Gasteiger partial charge on any atom is -0.444 e. The second-order valence-corrected chi connectivity index (χ2v) is 7.72. The number of hydrogen-bond acceptors (Lipinski definition) is 4. The molecule has 1 heterocycles. The predicted octanol–water partition coefficient (Wildman–Crippen LogP) is 2.64. The summed E-state index contributed by atoms with van der Waals surface area (Å²) in [6.45, 7) is 14.2. The van der Waals surface area contributed by atoms with Gasteiger partial charge in [-0.3, -0.25) is 4.99 Å². The van der Waals surface area contributed by atoms with Gasteiger partial charge in [-0.05, 0) is 54.4 Å². The average Bonchev–Trinajstić information content (AvgIpc) is 2.92. The van der Waals surface area contributed by atoms with Crippen molar-refractivity contribution < 1.29 is 14.3 Å². The van der Waals surface area contributed by atoms with E-state index >= 15 is 0 Å². The maximum atomic E-state index is 11.9. The minimum atomic E-state index is -0.513. The number of amides is 1. The number of halogens is 1. The summed E-state index contributed by atoms with van der Waals surface area (Å²) in [5.74, 6) is 0.729. The number of hydrogen-bond donors (Lipinski definition) is 3. The van der Waals surface area contributed by atoms with Crippen LogP contribution in [-0.2, 0) is 9.47 Å². The first kappa shape index (κ1) is 24.2. The maximum absolute atomic E-state index is 11.9. The summed E-state index contributed by atoms with van der Waals surface area (Å²) < 4.78 is 10.9. The SMILES string of the molecule is CCNC(=NCC(C)(C)NC(=O)OC(C)(C)C)NCC1CCCO1.I. The number of guanidine groups is 1. The van der Waals surface area contributed by atoms with Crippen LogP contribution in [0.4, 0.5) is 4.79 Å². The van der Waals surface area contributed by atoms with E-state index in [-0.39, 0.29) is 30.1 Å². The van der Waals surface area contributed by atoms with E-state index in [1.54, 1.807) is 0 Å². The summed E-state index contributed by atoms with van der Waals surface area (Å²) in [4.78, 5) is 16.5. The standard InChI is InChI=1S/C17H34N4O3.HI/c1-7-18-14(19-11-13-9-8-10-23-13)20-12-17(5,6)21-15(22)24-16(2,3)4;/h13H,7-12H2,1-6H3,(H,21,22)(H2,18,19,20);1H. The van der Waals surface area contributed by atoms with E-state index < -0.39 is 17.2 Å². The van der Waals surface area contributed by atoms with Crippen molar-refractivity contribution in [3.8, 4) is 0 Å². The van der Waals surface area contributed by atoms with Gasteiger partial charge < -0.3 is 25.4 Å². The molecule has 0 aromatic rings. The lowest BCUT2D eigenvalue weighted by atomic mass is 10.1. The molecule has 1 aliphatic heterocycles. The van der Waals surface area contributed by atoms with Crippen LogP contribution in [0.2, 0.25) is 0 Å². The van der Waals surface area contributed by atoms with Crippen molar-refractivity contribution in [3.63, 3.8) is 0 Å². The highest BCUT2D eigenvalue weighted by Crippen LogP contribution is 2.11. The van der Waals surface area contributed by atoms with Gasteiger partial charge in [-0.25, -0.2) is 4.79 Å². The third kappa shape index (κ3) is 11.5. The highest BCUT2D eigenvalue weighted by molar-refractivity contribution is 14.0. The number of carbonyl (C=O) groups excluding carboxylic acids is 1. The number of aliphatic imine (C=N–C) groups is 1. The molecule has 0 aromatic carbocycles. The van der Waals surface area contributed by atoms with Gasteiger partial charge in [0.1, 0.15) is 5.60 Å². The molecule has 1 saturated heterocycles. The highest BCUT2D eigenvalue weighted by atomic mass is 127. The molecule has 0 aliphatic carbocycles. The fraction of sp³-hybridized carbons (Fsp3) is 0.882. The molecular weight excluding hydrogens is 435 g/mol. The minimum absolute atomic E-state index is 0. The molecule has 1 aliphatic rings. The largest absolute Gasteiger partial charge is 0.444 e. The van der Waals surface area contributed by atoms with E-state index in [2.05, 4.69) is 20.9 Å². The van der Waals surface area contributed by atoms with Crippen molar-refractivity contribution in [2.45, 2.75) is 71.6 Å². The predicted molar refractivity (Wildman–Crippen MR) is 112 cm³/mol. The first-order valence-electron chi connectivity index (χ1n) is 8.76. The summed E-state index contributed by atoms with van der Waals surface area (Å²) in [6, 6.07) is 0. The summed E-state index contributed by atoms with van der Waals surface area (Å²) in [7, 11) is 0. The number of ether oxygens (including phenoxy) is 2. The van der Waals surface area contributed by atoms with E-state index in [4.69, 9.17) is 9.47 Å². The average molecular weight is 470 g/mol. The van der Waals surface area contributed by atoms with Crippen LogP contribution in [0.3, 0.4) is 0 Å². The Kier molecular flexibility index (Phi) is 10.7. The molecule has 7 nitrogen and oxygen atoms in total. The molecule has 0 spiro atoms. The van der Waals surface area contributed by atoms with Crippen molar-refractivity contribution >= 4 is 36.0 Å². The molecule has 0 radical (unpaired) electrons. The Bertz CT molecular complexity index is 430. The Hall–Kier alpha value is -0.770. The summed E-state index contributed by atoms with van der Waals surface area (Å²) >= 11 is 0. The van der Waals surface area contributed by atoms with Crippen molar-refractivity contribution in [1.82, 2.24) is 16.0 Å². The van der Waals surface area contributed by atoms with E-state index in [9.17, 15) is 4.79 Å². The molecule has 25 heavy (non-hydrogen) atoms. The van der Waals surface area contributed by atoms with Crippen LogP contribution < -0.4 is 16.0 Å². The highest BCUT2D eigenvalue weighted by Gasteiger charge is 2.24. The van der Waals surface area contributed by atoms with Crippen LogP contribution in [0.5, 0.6) is 0 Å². The lowest BCUT2D eigenvalue weighted by molar-refractivity contribution is 0.0476. The second kappa shape index (κ2) is 11.1. The summed E-state index contributed by atoms with van der Waals surface area (Å²) in [5, 5.41) is 9.37. The Morgan fingerprint density at radius 1 is 1.24 bits per heavy atom. The molecule has 1 atom stereocenters. The Morgan fingerprint density at radius 3 is 2.44 bits per heavy atom. The molecule has 8 heteroatoms. The first-order chi connectivity index (χ1) is 11.1. The van der Waals surface area contributed by atoms with Crippen LogP contribution in [0.1, 0.15) is 54.4 Å². The van der Waals surface area contributed by atoms with Crippen molar-refractivity contribution in [2.75, 3.05) is 26.2 Å². The monoisotopic (exact) mass is 470 g/mol. The van der Waals surface area contributed by atoms with Gasteiger partial charge in [0.2, 0.25) is 0 Å². The first-order valence-corrected chi connectivity index (χ1v) is 8.76. The molecule has 148 valence electrons. The number of carbonyl (C=O) groups is 1. The third-order valence-corrected chi connectivity index (χ3v) is 3.34. The van der Waals surface area contributed by atoms with Gasteiger partial charge in [0, 0.05) is 19.7 Å². The molecule has 1 fully saturated rings. The smallest absolute Gasteiger partial charge is 0.408 e. The van der Waals surface area contributed by atoms with E-state index in [1.165, 1.54) is 0 Å². The van der Waals surface area contributed by atoms with E-state index in [0.29, 0.717) is 6.54 Å². The number of nitrogens with zero attached hydrogens (tertiary/aromatic N) is 1. The van der Waals surface area contributed by atoms with E-state index in [1.807, 2.05) is 41.5 Å². The quantitative estimate of drug-likeness (QED) is 0.316. The zero-order valence-electron chi connectivity index (χ0n) is 16.4. The maximum Gasteiger partial charge on any atom is 0.408 e. The zero-order valence-corrected chi connectivity index (χ0v) is 18.7.